The van der Waals surface area contributed by atoms with Crippen LogP contribution in [0.3, 0.4) is 0 Å². The SMILES string of the molecule is Cc1nc(Cl)ccc1NC1CCOC1. The van der Waals surface area contributed by atoms with Gasteiger partial charge in [0.05, 0.1) is 24.0 Å². The molecule has 0 aliphatic carbocycles. The van der Waals surface area contributed by atoms with Crippen LogP contribution in [-0.2, 0) is 4.74 Å². The molecule has 0 bridgehead atoms. The normalized spacial score (nSPS) is 21.1. The fraction of sp³-hybridized carbons (Fsp3) is 0.500. The molecular weight excluding hydrogens is 200 g/mol. The topological polar surface area (TPSA) is 34.2 Å². The molecule has 0 saturated carbocycles. The Balaban J connectivity index is 2.08. The monoisotopic (exact) mass is 212 g/mol. The maximum atomic E-state index is 5.77. The summed E-state index contributed by atoms with van der Waals surface area (Å²) in [6.45, 7) is 3.57. The van der Waals surface area contributed by atoms with Crippen molar-refractivity contribution >= 4 is 17.3 Å². The maximum absolute atomic E-state index is 5.77. The van der Waals surface area contributed by atoms with Gasteiger partial charge in [0.1, 0.15) is 5.15 Å². The van der Waals surface area contributed by atoms with Gasteiger partial charge in [-0.25, -0.2) is 4.98 Å². The molecule has 2 rings (SSSR count). The lowest BCUT2D eigenvalue weighted by Gasteiger charge is -2.13. The third-order valence-corrected chi connectivity index (χ3v) is 2.55. The molecule has 14 heavy (non-hydrogen) atoms. The van der Waals surface area contributed by atoms with Crippen molar-refractivity contribution in [2.45, 2.75) is 19.4 Å². The number of nitrogens with one attached hydrogen (secondary N) is 1. The number of anilines is 1. The first kappa shape index (κ1) is 9.74. The highest BCUT2D eigenvalue weighted by atomic mass is 35.5. The van der Waals surface area contributed by atoms with Crippen molar-refractivity contribution in [1.29, 1.82) is 0 Å². The summed E-state index contributed by atoms with van der Waals surface area (Å²) in [5.74, 6) is 0. The van der Waals surface area contributed by atoms with Gasteiger partial charge in [0.2, 0.25) is 0 Å². The first-order valence-corrected chi connectivity index (χ1v) is 5.11. The van der Waals surface area contributed by atoms with E-state index in [2.05, 4.69) is 10.3 Å². The molecule has 2 heterocycles. The lowest BCUT2D eigenvalue weighted by Crippen LogP contribution is -2.19. The first-order chi connectivity index (χ1) is 6.75. The van der Waals surface area contributed by atoms with Crippen LogP contribution in [0.25, 0.3) is 0 Å². The van der Waals surface area contributed by atoms with Crippen molar-refractivity contribution in [3.05, 3.63) is 23.0 Å². The summed E-state index contributed by atoms with van der Waals surface area (Å²) in [4.78, 5) is 4.18. The van der Waals surface area contributed by atoms with Gasteiger partial charge in [0, 0.05) is 6.61 Å². The average molecular weight is 213 g/mol. The molecule has 1 saturated heterocycles. The second-order valence-electron chi connectivity index (χ2n) is 3.47. The molecule has 76 valence electrons. The summed E-state index contributed by atoms with van der Waals surface area (Å²) in [5.41, 5.74) is 1.98. The van der Waals surface area contributed by atoms with Crippen LogP contribution < -0.4 is 5.32 Å². The summed E-state index contributed by atoms with van der Waals surface area (Å²) in [7, 11) is 0. The first-order valence-electron chi connectivity index (χ1n) is 4.73. The minimum atomic E-state index is 0.414. The zero-order valence-electron chi connectivity index (χ0n) is 8.09. The summed E-state index contributed by atoms with van der Waals surface area (Å²) in [6, 6.07) is 4.17. The molecule has 1 N–H and O–H groups in total. The number of halogens is 1. The van der Waals surface area contributed by atoms with E-state index in [0.29, 0.717) is 11.2 Å². The van der Waals surface area contributed by atoms with Crippen LogP contribution in [0.5, 0.6) is 0 Å². The van der Waals surface area contributed by atoms with Gasteiger partial charge in [-0.1, -0.05) is 11.6 Å². The van der Waals surface area contributed by atoms with Crippen molar-refractivity contribution in [3.63, 3.8) is 0 Å². The number of hydrogen-bond acceptors (Lipinski definition) is 3. The van der Waals surface area contributed by atoms with Gasteiger partial charge in [-0.3, -0.25) is 0 Å². The van der Waals surface area contributed by atoms with E-state index in [-0.39, 0.29) is 0 Å². The smallest absolute Gasteiger partial charge is 0.129 e. The number of rotatable bonds is 2. The van der Waals surface area contributed by atoms with E-state index >= 15 is 0 Å². The molecule has 1 aliphatic rings. The third-order valence-electron chi connectivity index (χ3n) is 2.34. The number of nitrogens with zero attached hydrogens (tertiary/aromatic N) is 1. The Hall–Kier alpha value is -0.800. The van der Waals surface area contributed by atoms with E-state index in [9.17, 15) is 0 Å². The minimum Gasteiger partial charge on any atom is -0.379 e. The van der Waals surface area contributed by atoms with E-state index in [1.54, 1.807) is 6.07 Å². The van der Waals surface area contributed by atoms with Gasteiger partial charge in [-0.2, -0.15) is 0 Å². The number of aryl methyl sites for hydroxylation is 1. The number of ether oxygens (including phenoxy) is 1. The number of hydrogen-bond donors (Lipinski definition) is 1. The molecule has 0 aromatic carbocycles. The average Bonchev–Trinajstić information content (AvgIpc) is 2.62. The predicted octanol–water partition coefficient (Wildman–Crippen LogP) is 2.24. The lowest BCUT2D eigenvalue weighted by molar-refractivity contribution is 0.195. The van der Waals surface area contributed by atoms with E-state index in [1.165, 1.54) is 0 Å². The highest BCUT2D eigenvalue weighted by Gasteiger charge is 2.15. The van der Waals surface area contributed by atoms with Crippen LogP contribution in [-0.4, -0.2) is 24.2 Å². The summed E-state index contributed by atoms with van der Waals surface area (Å²) >= 11 is 5.77. The van der Waals surface area contributed by atoms with Crippen LogP contribution in [0.2, 0.25) is 5.15 Å². The summed E-state index contributed by atoms with van der Waals surface area (Å²) < 4.78 is 5.28. The Labute approximate surface area is 88.4 Å². The van der Waals surface area contributed by atoms with Crippen LogP contribution in [0.4, 0.5) is 5.69 Å². The van der Waals surface area contributed by atoms with Crippen LogP contribution in [0.15, 0.2) is 12.1 Å². The Morgan fingerprint density at radius 3 is 3.07 bits per heavy atom. The number of pyridine rings is 1. The quantitative estimate of drug-likeness (QED) is 0.764. The van der Waals surface area contributed by atoms with Gasteiger partial charge in [-0.05, 0) is 25.5 Å². The zero-order chi connectivity index (χ0) is 9.97. The highest BCUT2D eigenvalue weighted by molar-refractivity contribution is 6.29. The Morgan fingerprint density at radius 1 is 1.57 bits per heavy atom. The number of aromatic nitrogens is 1. The van der Waals surface area contributed by atoms with E-state index < -0.39 is 0 Å². The van der Waals surface area contributed by atoms with Crippen LogP contribution in [0, 0.1) is 6.92 Å². The minimum absolute atomic E-state index is 0.414. The second kappa shape index (κ2) is 4.15. The van der Waals surface area contributed by atoms with Gasteiger partial charge in [0.25, 0.3) is 0 Å². The lowest BCUT2D eigenvalue weighted by atomic mass is 10.2. The molecule has 1 unspecified atom stereocenters. The third kappa shape index (κ3) is 2.16. The molecule has 1 aromatic rings. The molecule has 0 amide bonds. The summed E-state index contributed by atoms with van der Waals surface area (Å²) in [6.07, 6.45) is 1.06. The Morgan fingerprint density at radius 2 is 2.43 bits per heavy atom. The molecule has 1 aromatic heterocycles. The zero-order valence-corrected chi connectivity index (χ0v) is 8.84. The largest absolute Gasteiger partial charge is 0.379 e. The van der Waals surface area contributed by atoms with E-state index in [4.69, 9.17) is 16.3 Å². The molecular formula is C10H13ClN2O. The molecule has 3 nitrogen and oxygen atoms in total. The fourth-order valence-corrected chi connectivity index (χ4v) is 1.74. The van der Waals surface area contributed by atoms with Gasteiger partial charge < -0.3 is 10.1 Å². The van der Waals surface area contributed by atoms with Crippen molar-refractivity contribution < 1.29 is 4.74 Å². The molecule has 1 aliphatic heterocycles. The highest BCUT2D eigenvalue weighted by Crippen LogP contribution is 2.18. The molecule has 1 fully saturated rings. The van der Waals surface area contributed by atoms with Crippen LogP contribution in [0.1, 0.15) is 12.1 Å². The fourth-order valence-electron chi connectivity index (χ4n) is 1.55. The van der Waals surface area contributed by atoms with Crippen LogP contribution >= 0.6 is 11.6 Å². The Kier molecular flexibility index (Phi) is 2.89. The maximum Gasteiger partial charge on any atom is 0.129 e. The van der Waals surface area contributed by atoms with Crippen molar-refractivity contribution in [2.75, 3.05) is 18.5 Å². The molecule has 4 heteroatoms. The summed E-state index contributed by atoms with van der Waals surface area (Å²) in [5, 5.41) is 3.93. The predicted molar refractivity (Wildman–Crippen MR) is 56.8 cm³/mol. The van der Waals surface area contributed by atoms with Crippen molar-refractivity contribution in [1.82, 2.24) is 4.98 Å². The second-order valence-corrected chi connectivity index (χ2v) is 3.86. The van der Waals surface area contributed by atoms with Gasteiger partial charge in [0.15, 0.2) is 0 Å². The van der Waals surface area contributed by atoms with Crippen molar-refractivity contribution in [3.8, 4) is 0 Å². The molecule has 0 radical (unpaired) electrons. The molecule has 1 atom stereocenters. The Bertz CT molecular complexity index is 324. The van der Waals surface area contributed by atoms with E-state index in [1.807, 2.05) is 13.0 Å². The van der Waals surface area contributed by atoms with Gasteiger partial charge >= 0.3 is 0 Å². The van der Waals surface area contributed by atoms with Crippen molar-refractivity contribution in [2.24, 2.45) is 0 Å². The van der Waals surface area contributed by atoms with Gasteiger partial charge in [-0.15, -0.1) is 0 Å². The van der Waals surface area contributed by atoms with E-state index in [0.717, 1.165) is 31.0 Å². The standard InChI is InChI=1S/C10H13ClN2O/c1-7-9(2-3-10(11)12-7)13-8-4-5-14-6-8/h2-3,8,13H,4-6H2,1H3. The molecule has 0 spiro atoms.